The van der Waals surface area contributed by atoms with E-state index in [0.717, 1.165) is 4.57 Å². The summed E-state index contributed by atoms with van der Waals surface area (Å²) in [5.74, 6) is 0.705. The van der Waals surface area contributed by atoms with Crippen LogP contribution >= 0.6 is 0 Å². The molecule has 0 aliphatic heterocycles. The standard InChI is InChI=1S/C22H23N5O5/c1-4-27-20-19(14(2)24-27)25(13-18(28)23-15-7-9-16(31-3)10-8-15)22(30)26(21(20)29)12-17-6-5-11-32-17/h5-11H,4,12-13H2,1-3H3,(H,23,28). The van der Waals surface area contributed by atoms with E-state index in [9.17, 15) is 14.4 Å². The number of hydrogen-bond acceptors (Lipinski definition) is 6. The van der Waals surface area contributed by atoms with Gasteiger partial charge in [-0.25, -0.2) is 4.79 Å². The molecule has 166 valence electrons. The van der Waals surface area contributed by atoms with Crippen LogP contribution < -0.4 is 21.3 Å². The molecule has 0 aliphatic rings. The fraction of sp³-hybridized carbons (Fsp3) is 0.273. The van der Waals surface area contributed by atoms with Crippen molar-refractivity contribution in [1.82, 2.24) is 18.9 Å². The van der Waals surface area contributed by atoms with Crippen molar-refractivity contribution in [2.75, 3.05) is 12.4 Å². The minimum Gasteiger partial charge on any atom is -0.497 e. The average molecular weight is 437 g/mol. The van der Waals surface area contributed by atoms with Crippen LogP contribution in [0.3, 0.4) is 0 Å². The number of furan rings is 1. The van der Waals surface area contributed by atoms with Gasteiger partial charge in [0.15, 0.2) is 5.52 Å². The maximum absolute atomic E-state index is 13.3. The van der Waals surface area contributed by atoms with E-state index in [-0.39, 0.29) is 18.6 Å². The first-order valence-electron chi connectivity index (χ1n) is 10.1. The summed E-state index contributed by atoms with van der Waals surface area (Å²) < 4.78 is 14.3. The van der Waals surface area contributed by atoms with Crippen LogP contribution in [0.15, 0.2) is 56.7 Å². The van der Waals surface area contributed by atoms with Crippen LogP contribution in [0.4, 0.5) is 5.69 Å². The third-order valence-corrected chi connectivity index (χ3v) is 5.14. The first kappa shape index (κ1) is 21.2. The van der Waals surface area contributed by atoms with Crippen LogP contribution in [-0.2, 0) is 24.4 Å². The number of amides is 1. The van der Waals surface area contributed by atoms with Crippen molar-refractivity contribution in [3.05, 3.63) is 75.0 Å². The minimum absolute atomic E-state index is 0.0470. The van der Waals surface area contributed by atoms with Crippen molar-refractivity contribution in [2.24, 2.45) is 0 Å². The lowest BCUT2D eigenvalue weighted by Gasteiger charge is -2.13. The van der Waals surface area contributed by atoms with Gasteiger partial charge in [0.1, 0.15) is 23.6 Å². The summed E-state index contributed by atoms with van der Waals surface area (Å²) in [5, 5.41) is 7.16. The highest BCUT2D eigenvalue weighted by Gasteiger charge is 2.22. The van der Waals surface area contributed by atoms with E-state index < -0.39 is 17.2 Å². The number of ether oxygens (including phenoxy) is 1. The lowest BCUT2D eigenvalue weighted by Crippen LogP contribution is -2.42. The number of carbonyl (C=O) groups is 1. The van der Waals surface area contributed by atoms with Gasteiger partial charge in [-0.1, -0.05) is 0 Å². The summed E-state index contributed by atoms with van der Waals surface area (Å²) in [6.07, 6.45) is 1.47. The number of aromatic nitrogens is 4. The van der Waals surface area contributed by atoms with Gasteiger partial charge in [0.25, 0.3) is 5.56 Å². The number of aryl methyl sites for hydroxylation is 2. The van der Waals surface area contributed by atoms with Gasteiger partial charge >= 0.3 is 5.69 Å². The summed E-state index contributed by atoms with van der Waals surface area (Å²) in [4.78, 5) is 39.3. The van der Waals surface area contributed by atoms with Gasteiger partial charge in [0, 0.05) is 12.2 Å². The molecule has 0 fully saturated rings. The molecule has 1 amide bonds. The highest BCUT2D eigenvalue weighted by Crippen LogP contribution is 2.16. The zero-order valence-corrected chi connectivity index (χ0v) is 18.0. The van der Waals surface area contributed by atoms with E-state index in [2.05, 4.69) is 10.4 Å². The molecule has 0 bridgehead atoms. The van der Waals surface area contributed by atoms with Crippen molar-refractivity contribution in [3.63, 3.8) is 0 Å². The van der Waals surface area contributed by atoms with Gasteiger partial charge in [-0.3, -0.25) is 23.4 Å². The number of methoxy groups -OCH3 is 1. The van der Waals surface area contributed by atoms with E-state index in [1.54, 1.807) is 55.1 Å². The van der Waals surface area contributed by atoms with Gasteiger partial charge in [0.05, 0.1) is 25.6 Å². The van der Waals surface area contributed by atoms with Gasteiger partial charge in [-0.15, -0.1) is 0 Å². The maximum atomic E-state index is 13.3. The van der Waals surface area contributed by atoms with Gasteiger partial charge in [-0.2, -0.15) is 5.10 Å². The average Bonchev–Trinajstić information content (AvgIpc) is 3.42. The Labute approximate surface area is 182 Å². The molecule has 10 nitrogen and oxygen atoms in total. The molecule has 0 saturated heterocycles. The molecule has 0 spiro atoms. The number of rotatable bonds is 7. The Morgan fingerprint density at radius 2 is 1.88 bits per heavy atom. The second-order valence-corrected chi connectivity index (χ2v) is 7.21. The zero-order chi connectivity index (χ0) is 22.8. The summed E-state index contributed by atoms with van der Waals surface area (Å²) >= 11 is 0. The summed E-state index contributed by atoms with van der Waals surface area (Å²) in [7, 11) is 1.56. The molecule has 10 heteroatoms. The van der Waals surface area contributed by atoms with Gasteiger partial charge in [0.2, 0.25) is 5.91 Å². The third kappa shape index (κ3) is 3.82. The van der Waals surface area contributed by atoms with E-state index in [1.165, 1.54) is 10.8 Å². The quantitative estimate of drug-likeness (QED) is 0.473. The maximum Gasteiger partial charge on any atom is 0.332 e. The van der Waals surface area contributed by atoms with E-state index in [4.69, 9.17) is 9.15 Å². The van der Waals surface area contributed by atoms with Crippen molar-refractivity contribution in [3.8, 4) is 5.75 Å². The van der Waals surface area contributed by atoms with Crippen LogP contribution in [0.1, 0.15) is 18.4 Å². The van der Waals surface area contributed by atoms with Gasteiger partial charge in [-0.05, 0) is 50.2 Å². The third-order valence-electron chi connectivity index (χ3n) is 5.14. The number of hydrogen-bond donors (Lipinski definition) is 1. The first-order chi connectivity index (χ1) is 15.4. The second kappa shape index (κ2) is 8.58. The summed E-state index contributed by atoms with van der Waals surface area (Å²) in [6.45, 7) is 3.68. The number of carbonyl (C=O) groups excluding carboxylic acids is 1. The Hall–Kier alpha value is -4.08. The number of nitrogens with zero attached hydrogens (tertiary/aromatic N) is 4. The van der Waals surface area contributed by atoms with E-state index in [0.29, 0.717) is 35.0 Å². The normalized spacial score (nSPS) is 11.1. The number of benzene rings is 1. The predicted molar refractivity (Wildman–Crippen MR) is 118 cm³/mol. The Morgan fingerprint density at radius 1 is 1.12 bits per heavy atom. The number of fused-ring (bicyclic) bond motifs is 1. The summed E-state index contributed by atoms with van der Waals surface area (Å²) in [5.41, 5.74) is 0.595. The van der Waals surface area contributed by atoms with Crippen LogP contribution in [0.5, 0.6) is 5.75 Å². The molecule has 0 radical (unpaired) electrons. The fourth-order valence-corrected chi connectivity index (χ4v) is 3.65. The van der Waals surface area contributed by atoms with Crippen molar-refractivity contribution in [2.45, 2.75) is 33.5 Å². The lowest BCUT2D eigenvalue weighted by molar-refractivity contribution is -0.116. The van der Waals surface area contributed by atoms with Crippen LogP contribution in [0, 0.1) is 6.92 Å². The highest BCUT2D eigenvalue weighted by atomic mass is 16.5. The highest BCUT2D eigenvalue weighted by molar-refractivity contribution is 5.91. The van der Waals surface area contributed by atoms with E-state index >= 15 is 0 Å². The Bertz CT molecular complexity index is 1380. The molecule has 1 N–H and O–H groups in total. The SMILES string of the molecule is CCn1nc(C)c2c1c(=O)n(Cc1ccco1)c(=O)n2CC(=O)Nc1ccc(OC)cc1. The van der Waals surface area contributed by atoms with Crippen LogP contribution in [0.2, 0.25) is 0 Å². The molecule has 0 atom stereocenters. The van der Waals surface area contributed by atoms with Crippen molar-refractivity contribution in [1.29, 1.82) is 0 Å². The van der Waals surface area contributed by atoms with Gasteiger partial charge < -0.3 is 14.5 Å². The second-order valence-electron chi connectivity index (χ2n) is 7.21. The molecule has 0 unspecified atom stereocenters. The van der Waals surface area contributed by atoms with Crippen LogP contribution in [-0.4, -0.2) is 31.9 Å². The minimum atomic E-state index is -0.609. The van der Waals surface area contributed by atoms with Crippen LogP contribution in [0.25, 0.3) is 11.0 Å². The lowest BCUT2D eigenvalue weighted by atomic mass is 10.3. The predicted octanol–water partition coefficient (Wildman–Crippen LogP) is 1.98. The molecular weight excluding hydrogens is 414 g/mol. The van der Waals surface area contributed by atoms with Crippen molar-refractivity contribution >= 4 is 22.6 Å². The molecule has 4 aromatic rings. The summed E-state index contributed by atoms with van der Waals surface area (Å²) in [6, 6.07) is 10.2. The molecule has 0 saturated carbocycles. The largest absolute Gasteiger partial charge is 0.497 e. The molecule has 32 heavy (non-hydrogen) atoms. The topological polar surface area (TPSA) is 113 Å². The smallest absolute Gasteiger partial charge is 0.332 e. The first-order valence-corrected chi connectivity index (χ1v) is 10.1. The molecule has 4 rings (SSSR count). The molecular formula is C22H23N5O5. The Morgan fingerprint density at radius 3 is 2.50 bits per heavy atom. The Balaban J connectivity index is 1.78. The number of nitrogens with one attached hydrogen (secondary N) is 1. The Kier molecular flexibility index (Phi) is 5.67. The molecule has 1 aromatic carbocycles. The molecule has 3 heterocycles. The van der Waals surface area contributed by atoms with E-state index in [1.807, 2.05) is 6.92 Å². The fourth-order valence-electron chi connectivity index (χ4n) is 3.65. The number of anilines is 1. The molecule has 3 aromatic heterocycles. The monoisotopic (exact) mass is 437 g/mol. The zero-order valence-electron chi connectivity index (χ0n) is 18.0. The molecule has 0 aliphatic carbocycles. The van der Waals surface area contributed by atoms with Crippen molar-refractivity contribution < 1.29 is 13.9 Å².